The van der Waals surface area contributed by atoms with Crippen molar-refractivity contribution >= 4 is 17.0 Å². The Kier molecular flexibility index (Phi) is 3.14. The molecular weight excluding hydrogens is 235 g/mol. The average molecular weight is 243 g/mol. The number of hydrogen-bond acceptors (Lipinski definition) is 2. The first-order valence-corrected chi connectivity index (χ1v) is 5.50. The summed E-state index contributed by atoms with van der Waals surface area (Å²) in [7, 11) is 0. The van der Waals surface area contributed by atoms with E-state index < -0.39 is 17.5 Å². The van der Waals surface area contributed by atoms with Crippen molar-refractivity contribution in [3.63, 3.8) is 0 Å². The summed E-state index contributed by atoms with van der Waals surface area (Å²) in [6.45, 7) is 0.452. The van der Waals surface area contributed by atoms with Gasteiger partial charge in [0.2, 0.25) is 0 Å². The highest BCUT2D eigenvalue weighted by molar-refractivity contribution is 7.07. The lowest BCUT2D eigenvalue weighted by atomic mass is 10.2. The van der Waals surface area contributed by atoms with E-state index in [1.165, 1.54) is 11.3 Å². The van der Waals surface area contributed by atoms with Gasteiger partial charge < -0.3 is 5.32 Å². The van der Waals surface area contributed by atoms with E-state index in [1.807, 2.05) is 16.8 Å². The van der Waals surface area contributed by atoms with Gasteiger partial charge in [-0.1, -0.05) is 0 Å². The molecule has 16 heavy (non-hydrogen) atoms. The molecule has 1 aromatic carbocycles. The highest BCUT2D eigenvalue weighted by Gasteiger charge is 2.10. The van der Waals surface area contributed by atoms with Crippen LogP contribution >= 0.6 is 11.3 Å². The fourth-order valence-electron chi connectivity index (χ4n) is 1.25. The summed E-state index contributed by atoms with van der Waals surface area (Å²) in [6.07, 6.45) is 0. The van der Waals surface area contributed by atoms with E-state index in [2.05, 4.69) is 5.32 Å². The van der Waals surface area contributed by atoms with Gasteiger partial charge in [-0.15, -0.1) is 0 Å². The third-order valence-electron chi connectivity index (χ3n) is 2.06. The number of hydrogen-bond donors (Lipinski definition) is 1. The van der Waals surface area contributed by atoms with Crippen molar-refractivity contribution in [3.8, 4) is 0 Å². The first-order chi connectivity index (χ1) is 7.66. The minimum atomic E-state index is -1.44. The van der Waals surface area contributed by atoms with Crippen molar-refractivity contribution in [1.82, 2.24) is 0 Å². The second kappa shape index (κ2) is 4.57. The van der Waals surface area contributed by atoms with Crippen molar-refractivity contribution in [1.29, 1.82) is 0 Å². The Balaban J connectivity index is 2.10. The van der Waals surface area contributed by atoms with E-state index in [0.717, 1.165) is 17.7 Å². The molecule has 1 heterocycles. The normalized spacial score (nSPS) is 10.4. The minimum Gasteiger partial charge on any atom is -0.381 e. The average Bonchev–Trinajstić information content (AvgIpc) is 2.75. The SMILES string of the molecule is Fc1cc(NCc2ccsc2)cc(F)c1F. The van der Waals surface area contributed by atoms with Crippen LogP contribution in [0.3, 0.4) is 0 Å². The van der Waals surface area contributed by atoms with Crippen LogP contribution in [0, 0.1) is 17.5 Å². The molecule has 0 atom stereocenters. The molecule has 0 amide bonds. The van der Waals surface area contributed by atoms with Crippen molar-refractivity contribution < 1.29 is 13.2 Å². The maximum absolute atomic E-state index is 12.9. The van der Waals surface area contributed by atoms with E-state index in [-0.39, 0.29) is 5.69 Å². The first-order valence-electron chi connectivity index (χ1n) is 4.56. The smallest absolute Gasteiger partial charge is 0.194 e. The zero-order valence-corrected chi connectivity index (χ0v) is 8.95. The Morgan fingerprint density at radius 1 is 1.12 bits per heavy atom. The van der Waals surface area contributed by atoms with Gasteiger partial charge in [-0.25, -0.2) is 13.2 Å². The molecule has 5 heteroatoms. The van der Waals surface area contributed by atoms with Gasteiger partial charge in [0.1, 0.15) is 0 Å². The molecule has 0 bridgehead atoms. The van der Waals surface area contributed by atoms with Crippen LogP contribution in [0.1, 0.15) is 5.56 Å². The Labute approximate surface area is 94.5 Å². The number of anilines is 1. The highest BCUT2D eigenvalue weighted by Crippen LogP contribution is 2.18. The lowest BCUT2D eigenvalue weighted by Crippen LogP contribution is -2.00. The van der Waals surface area contributed by atoms with Gasteiger partial charge in [-0.2, -0.15) is 11.3 Å². The second-order valence-corrected chi connectivity index (χ2v) is 4.02. The van der Waals surface area contributed by atoms with Crippen LogP contribution in [-0.4, -0.2) is 0 Å². The van der Waals surface area contributed by atoms with E-state index >= 15 is 0 Å². The fraction of sp³-hybridized carbons (Fsp3) is 0.0909. The lowest BCUT2D eigenvalue weighted by Gasteiger charge is -2.06. The van der Waals surface area contributed by atoms with Crippen LogP contribution in [-0.2, 0) is 6.54 Å². The molecule has 2 rings (SSSR count). The maximum Gasteiger partial charge on any atom is 0.194 e. The Hall–Kier alpha value is -1.49. The largest absolute Gasteiger partial charge is 0.381 e. The summed E-state index contributed by atoms with van der Waals surface area (Å²) in [5.41, 5.74) is 1.23. The minimum absolute atomic E-state index is 0.225. The highest BCUT2D eigenvalue weighted by atomic mass is 32.1. The molecule has 1 N–H and O–H groups in total. The molecule has 0 aliphatic carbocycles. The number of benzene rings is 1. The van der Waals surface area contributed by atoms with E-state index in [4.69, 9.17) is 0 Å². The van der Waals surface area contributed by atoms with E-state index in [9.17, 15) is 13.2 Å². The van der Waals surface area contributed by atoms with Crippen molar-refractivity contribution in [2.24, 2.45) is 0 Å². The van der Waals surface area contributed by atoms with Crippen LogP contribution in [0.4, 0.5) is 18.9 Å². The topological polar surface area (TPSA) is 12.0 Å². The van der Waals surface area contributed by atoms with Crippen molar-refractivity contribution in [3.05, 3.63) is 52.0 Å². The predicted molar refractivity (Wildman–Crippen MR) is 58.0 cm³/mol. The van der Waals surface area contributed by atoms with Crippen LogP contribution in [0.15, 0.2) is 29.0 Å². The Morgan fingerprint density at radius 2 is 1.81 bits per heavy atom. The summed E-state index contributed by atoms with van der Waals surface area (Å²) in [5.74, 6) is -3.82. The van der Waals surface area contributed by atoms with E-state index in [0.29, 0.717) is 6.54 Å². The lowest BCUT2D eigenvalue weighted by molar-refractivity contribution is 0.447. The fourth-order valence-corrected chi connectivity index (χ4v) is 1.92. The molecule has 0 radical (unpaired) electrons. The quantitative estimate of drug-likeness (QED) is 0.809. The molecule has 0 unspecified atom stereocenters. The van der Waals surface area contributed by atoms with Gasteiger partial charge in [0.15, 0.2) is 17.5 Å². The van der Waals surface area contributed by atoms with Gasteiger partial charge in [-0.3, -0.25) is 0 Å². The second-order valence-electron chi connectivity index (χ2n) is 3.24. The molecule has 0 saturated carbocycles. The first kappa shape index (κ1) is 11.0. The van der Waals surface area contributed by atoms with Gasteiger partial charge in [0.05, 0.1) is 0 Å². The Morgan fingerprint density at radius 3 is 2.38 bits per heavy atom. The number of thiophene rings is 1. The summed E-state index contributed by atoms with van der Waals surface area (Å²) in [6, 6.07) is 3.77. The molecule has 0 spiro atoms. The number of nitrogens with one attached hydrogen (secondary N) is 1. The third-order valence-corrected chi connectivity index (χ3v) is 2.79. The molecular formula is C11H8F3NS. The molecule has 1 nitrogen and oxygen atoms in total. The summed E-state index contributed by atoms with van der Waals surface area (Å²) < 4.78 is 38.4. The Bertz CT molecular complexity index is 459. The van der Waals surface area contributed by atoms with Gasteiger partial charge >= 0.3 is 0 Å². The van der Waals surface area contributed by atoms with Crippen LogP contribution < -0.4 is 5.32 Å². The van der Waals surface area contributed by atoms with Gasteiger partial charge in [0.25, 0.3) is 0 Å². The molecule has 0 aliphatic rings. The van der Waals surface area contributed by atoms with Crippen molar-refractivity contribution in [2.45, 2.75) is 6.54 Å². The summed E-state index contributed by atoms with van der Waals surface area (Å²) >= 11 is 1.54. The molecule has 0 aliphatic heterocycles. The number of rotatable bonds is 3. The zero-order valence-electron chi connectivity index (χ0n) is 8.14. The van der Waals surface area contributed by atoms with E-state index in [1.54, 1.807) is 0 Å². The third kappa shape index (κ3) is 2.36. The monoisotopic (exact) mass is 243 g/mol. The summed E-state index contributed by atoms with van der Waals surface area (Å²) in [5, 5.41) is 6.64. The van der Waals surface area contributed by atoms with Gasteiger partial charge in [0, 0.05) is 24.4 Å². The standard InChI is InChI=1S/C11H8F3NS/c12-9-3-8(4-10(13)11(9)14)15-5-7-1-2-16-6-7/h1-4,6,15H,5H2. The molecule has 1 aromatic heterocycles. The molecule has 0 saturated heterocycles. The van der Waals surface area contributed by atoms with Crippen LogP contribution in [0.5, 0.6) is 0 Å². The molecule has 84 valence electrons. The predicted octanol–water partition coefficient (Wildman–Crippen LogP) is 3.78. The van der Waals surface area contributed by atoms with Gasteiger partial charge in [-0.05, 0) is 22.4 Å². The maximum atomic E-state index is 12.9. The molecule has 0 fully saturated rings. The van der Waals surface area contributed by atoms with Crippen LogP contribution in [0.2, 0.25) is 0 Å². The number of halogens is 3. The van der Waals surface area contributed by atoms with Crippen LogP contribution in [0.25, 0.3) is 0 Å². The molecule has 2 aromatic rings. The summed E-state index contributed by atoms with van der Waals surface area (Å²) in [4.78, 5) is 0. The zero-order chi connectivity index (χ0) is 11.5. The van der Waals surface area contributed by atoms with Crippen molar-refractivity contribution in [2.75, 3.05) is 5.32 Å².